The molecule has 0 aliphatic heterocycles. The van der Waals surface area contributed by atoms with E-state index in [1.54, 1.807) is 0 Å². The van der Waals surface area contributed by atoms with Gasteiger partial charge in [-0.2, -0.15) is 0 Å². The number of carbonyl (C=O) groups excluding carboxylic acids is 2. The van der Waals surface area contributed by atoms with E-state index >= 15 is 0 Å². The van der Waals surface area contributed by atoms with Crippen molar-refractivity contribution >= 4 is 28.2 Å². The van der Waals surface area contributed by atoms with E-state index in [0.717, 1.165) is 31.2 Å². The van der Waals surface area contributed by atoms with Gasteiger partial charge in [0, 0.05) is 10.4 Å². The van der Waals surface area contributed by atoms with Crippen molar-refractivity contribution in [1.29, 1.82) is 0 Å². The Morgan fingerprint density at radius 3 is 2.30 bits per heavy atom. The number of nitrogens with one attached hydrogen (secondary N) is 1. The molecule has 162 valence electrons. The molecule has 1 aromatic carbocycles. The van der Waals surface area contributed by atoms with E-state index in [9.17, 15) is 9.59 Å². The first-order chi connectivity index (χ1) is 13.9. The Morgan fingerprint density at radius 1 is 1.13 bits per heavy atom. The van der Waals surface area contributed by atoms with Gasteiger partial charge in [-0.25, -0.2) is 0 Å². The fraction of sp³-hybridized carbons (Fsp3) is 0.520. The van der Waals surface area contributed by atoms with Gasteiger partial charge in [-0.3, -0.25) is 9.59 Å². The van der Waals surface area contributed by atoms with Gasteiger partial charge in [0.2, 0.25) is 0 Å². The van der Waals surface area contributed by atoms with Crippen LogP contribution in [0.2, 0.25) is 0 Å². The van der Waals surface area contributed by atoms with Gasteiger partial charge in [0.15, 0.2) is 0 Å². The summed E-state index contributed by atoms with van der Waals surface area (Å²) in [5.41, 5.74) is 9.31. The molecule has 1 atom stereocenters. The lowest BCUT2D eigenvalue weighted by molar-refractivity contribution is 0.0999. The summed E-state index contributed by atoms with van der Waals surface area (Å²) < 4.78 is 0. The average molecular weight is 427 g/mol. The largest absolute Gasteiger partial charge is 0.365 e. The van der Waals surface area contributed by atoms with Crippen molar-refractivity contribution in [2.75, 3.05) is 5.32 Å². The second-order valence-electron chi connectivity index (χ2n) is 10.1. The Morgan fingerprint density at radius 2 is 1.77 bits per heavy atom. The Hall–Kier alpha value is -2.14. The van der Waals surface area contributed by atoms with Gasteiger partial charge in [-0.05, 0) is 59.3 Å². The van der Waals surface area contributed by atoms with E-state index in [-0.39, 0.29) is 16.7 Å². The summed E-state index contributed by atoms with van der Waals surface area (Å²) in [5.74, 6) is -0.0936. The van der Waals surface area contributed by atoms with Gasteiger partial charge in [0.1, 0.15) is 5.00 Å². The van der Waals surface area contributed by atoms with Crippen LogP contribution in [0.4, 0.5) is 5.00 Å². The molecule has 4 nitrogen and oxygen atoms in total. The highest BCUT2D eigenvalue weighted by Crippen LogP contribution is 2.45. The molecule has 3 N–H and O–H groups in total. The molecule has 3 rings (SSSR count). The van der Waals surface area contributed by atoms with E-state index in [4.69, 9.17) is 5.73 Å². The van der Waals surface area contributed by atoms with Crippen LogP contribution < -0.4 is 11.1 Å². The second kappa shape index (κ2) is 8.18. The number of hydrogen-bond acceptors (Lipinski definition) is 3. The van der Waals surface area contributed by atoms with Crippen LogP contribution in [0.15, 0.2) is 24.3 Å². The number of rotatable bonds is 5. The third-order valence-electron chi connectivity index (χ3n) is 6.77. The van der Waals surface area contributed by atoms with Crippen molar-refractivity contribution in [2.24, 2.45) is 17.1 Å². The minimum Gasteiger partial charge on any atom is -0.365 e. The van der Waals surface area contributed by atoms with E-state index < -0.39 is 5.91 Å². The molecule has 2 amide bonds. The molecule has 1 aliphatic carbocycles. The zero-order valence-electron chi connectivity index (χ0n) is 19.0. The quantitative estimate of drug-likeness (QED) is 0.621. The molecule has 5 heteroatoms. The number of hydrogen-bond donors (Lipinski definition) is 2. The molecule has 0 saturated carbocycles. The molecule has 1 heterocycles. The zero-order chi connectivity index (χ0) is 22.3. The van der Waals surface area contributed by atoms with Gasteiger partial charge in [0.05, 0.1) is 5.56 Å². The summed E-state index contributed by atoms with van der Waals surface area (Å²) in [6.45, 7) is 13.3. The first-order valence-corrected chi connectivity index (χ1v) is 11.6. The highest BCUT2D eigenvalue weighted by atomic mass is 32.1. The fourth-order valence-corrected chi connectivity index (χ4v) is 5.52. The van der Waals surface area contributed by atoms with E-state index in [0.29, 0.717) is 22.0 Å². The molecule has 0 unspecified atom stereocenters. The van der Waals surface area contributed by atoms with Crippen LogP contribution in [0, 0.1) is 11.3 Å². The molecule has 30 heavy (non-hydrogen) atoms. The highest BCUT2D eigenvalue weighted by molar-refractivity contribution is 7.17. The van der Waals surface area contributed by atoms with Crippen molar-refractivity contribution < 1.29 is 9.59 Å². The third kappa shape index (κ3) is 4.46. The van der Waals surface area contributed by atoms with Crippen molar-refractivity contribution in [3.05, 3.63) is 51.4 Å². The summed E-state index contributed by atoms with van der Waals surface area (Å²) >= 11 is 1.52. The van der Waals surface area contributed by atoms with Crippen LogP contribution in [0.5, 0.6) is 0 Å². The van der Waals surface area contributed by atoms with E-state index in [2.05, 4.69) is 46.9 Å². The monoisotopic (exact) mass is 426 g/mol. The second-order valence-corrected chi connectivity index (χ2v) is 11.2. The summed E-state index contributed by atoms with van der Waals surface area (Å²) in [5, 5.41) is 3.56. The SMILES string of the molecule is CCC(C)(C)[C@H]1CCc2c(sc(NC(=O)c3ccc(C(C)(C)C)cc3)c2C(N)=O)C1. The molecular weight excluding hydrogens is 392 g/mol. The number of primary amides is 1. The van der Waals surface area contributed by atoms with Gasteiger partial charge in [-0.15, -0.1) is 11.3 Å². The number of carbonyl (C=O) groups is 2. The van der Waals surface area contributed by atoms with Crippen LogP contribution in [-0.2, 0) is 18.3 Å². The summed E-state index contributed by atoms with van der Waals surface area (Å²) in [6.07, 6.45) is 3.95. The lowest BCUT2D eigenvalue weighted by Gasteiger charge is -2.36. The smallest absolute Gasteiger partial charge is 0.256 e. The van der Waals surface area contributed by atoms with Crippen LogP contribution >= 0.6 is 11.3 Å². The van der Waals surface area contributed by atoms with E-state index in [1.165, 1.54) is 21.8 Å². The first kappa shape index (κ1) is 22.5. The van der Waals surface area contributed by atoms with Crippen molar-refractivity contribution in [3.63, 3.8) is 0 Å². The molecule has 0 spiro atoms. The number of thiophene rings is 1. The van der Waals surface area contributed by atoms with Gasteiger partial charge < -0.3 is 11.1 Å². The number of fused-ring (bicyclic) bond motifs is 1. The molecule has 0 bridgehead atoms. The predicted molar refractivity (Wildman–Crippen MR) is 126 cm³/mol. The van der Waals surface area contributed by atoms with Gasteiger partial charge >= 0.3 is 0 Å². The van der Waals surface area contributed by atoms with Crippen molar-refractivity contribution in [1.82, 2.24) is 0 Å². The lowest BCUT2D eigenvalue weighted by Crippen LogP contribution is -2.29. The van der Waals surface area contributed by atoms with E-state index in [1.807, 2.05) is 24.3 Å². The van der Waals surface area contributed by atoms with Crippen LogP contribution in [0.3, 0.4) is 0 Å². The minimum absolute atomic E-state index is 0.0315. The molecule has 1 aliphatic rings. The van der Waals surface area contributed by atoms with Crippen LogP contribution in [0.25, 0.3) is 0 Å². The lowest BCUT2D eigenvalue weighted by atomic mass is 9.69. The standard InChI is InChI=1S/C25H34N2O2S/c1-7-25(5,6)17-12-13-18-19(14-17)30-23(20(18)21(26)28)27-22(29)15-8-10-16(11-9-15)24(2,3)4/h8-11,17H,7,12-14H2,1-6H3,(H2,26,28)(H,27,29)/t17-/m0/s1. The Bertz CT molecular complexity index is 949. The molecule has 0 radical (unpaired) electrons. The Balaban J connectivity index is 1.86. The maximum Gasteiger partial charge on any atom is 0.256 e. The molecule has 2 aromatic rings. The topological polar surface area (TPSA) is 72.2 Å². The predicted octanol–water partition coefficient (Wildman–Crippen LogP) is 5.94. The number of anilines is 1. The number of amides is 2. The molecular formula is C25H34N2O2S. The number of benzene rings is 1. The third-order valence-corrected chi connectivity index (χ3v) is 7.94. The Kier molecular flexibility index (Phi) is 6.15. The summed E-state index contributed by atoms with van der Waals surface area (Å²) in [6, 6.07) is 7.65. The van der Waals surface area contributed by atoms with Crippen LogP contribution in [-0.4, -0.2) is 11.8 Å². The van der Waals surface area contributed by atoms with Crippen molar-refractivity contribution in [2.45, 2.75) is 72.6 Å². The summed E-state index contributed by atoms with van der Waals surface area (Å²) in [7, 11) is 0. The minimum atomic E-state index is -0.459. The maximum atomic E-state index is 12.9. The summed E-state index contributed by atoms with van der Waals surface area (Å²) in [4.78, 5) is 26.3. The normalized spacial score (nSPS) is 16.8. The molecule has 0 fully saturated rings. The molecule has 1 aromatic heterocycles. The molecule has 0 saturated heterocycles. The maximum absolute atomic E-state index is 12.9. The first-order valence-electron chi connectivity index (χ1n) is 10.8. The highest BCUT2D eigenvalue weighted by Gasteiger charge is 2.35. The van der Waals surface area contributed by atoms with Crippen LogP contribution in [0.1, 0.15) is 91.1 Å². The van der Waals surface area contributed by atoms with Gasteiger partial charge in [0.25, 0.3) is 11.8 Å². The fourth-order valence-electron chi connectivity index (χ4n) is 4.19. The Labute approximate surface area is 184 Å². The average Bonchev–Trinajstić information content (AvgIpc) is 3.04. The number of nitrogens with two attached hydrogens (primary N) is 1. The zero-order valence-corrected chi connectivity index (χ0v) is 19.8. The van der Waals surface area contributed by atoms with Crippen molar-refractivity contribution in [3.8, 4) is 0 Å². The van der Waals surface area contributed by atoms with Gasteiger partial charge in [-0.1, -0.05) is 60.1 Å².